The van der Waals surface area contributed by atoms with E-state index in [1.807, 2.05) is 6.26 Å². The minimum absolute atomic E-state index is 0.0104. The maximum atomic E-state index is 13.1. The van der Waals surface area contributed by atoms with E-state index in [1.54, 1.807) is 0 Å². The van der Waals surface area contributed by atoms with Gasteiger partial charge in [-0.3, -0.25) is 19.4 Å². The van der Waals surface area contributed by atoms with Gasteiger partial charge in [0.25, 0.3) is 0 Å². The topological polar surface area (TPSA) is 255 Å². The van der Waals surface area contributed by atoms with Crippen molar-refractivity contribution >= 4 is 41.4 Å². The van der Waals surface area contributed by atoms with Crippen molar-refractivity contribution in [1.29, 1.82) is 0 Å². The number of carboxylic acids is 1. The molecule has 0 fully saturated rings. The van der Waals surface area contributed by atoms with Crippen molar-refractivity contribution in [2.45, 2.75) is 49.9 Å². The number of nitrogens with one attached hydrogen (secondary N) is 3. The number of phenolic OH excluding ortho intramolecular Hbond substituents is 1. The van der Waals surface area contributed by atoms with Gasteiger partial charge in [-0.05, 0) is 49.0 Å². The molecule has 0 aliphatic carbocycles. The molecule has 0 aliphatic heterocycles. The molecule has 4 unspecified atom stereocenters. The first-order valence-corrected chi connectivity index (χ1v) is 13.2. The standard InChI is InChI=1S/C23H37N7O7S/c1-38-10-8-17(28-19(33)15(24)12-31)21(35)29-16(3-2-9-27-23(25)26)20(34)30-18(22(36)37)11-13-4-6-14(32)7-5-13/h4-7,15-18,31-32H,2-3,8-12,24H2,1H3,(H,28,33)(H,29,35)(H,30,34)(H,36,37)(H4,25,26,27). The van der Waals surface area contributed by atoms with Gasteiger partial charge >= 0.3 is 5.97 Å². The Morgan fingerprint density at radius 2 is 1.50 bits per heavy atom. The summed E-state index contributed by atoms with van der Waals surface area (Å²) < 4.78 is 0. The quantitative estimate of drug-likeness (QED) is 0.0556. The van der Waals surface area contributed by atoms with E-state index in [9.17, 15) is 29.4 Å². The Hall–Kier alpha value is -3.56. The molecule has 0 radical (unpaired) electrons. The molecule has 3 amide bonds. The van der Waals surface area contributed by atoms with Crippen molar-refractivity contribution in [2.75, 3.05) is 25.2 Å². The highest BCUT2D eigenvalue weighted by Gasteiger charge is 2.30. The van der Waals surface area contributed by atoms with E-state index >= 15 is 0 Å². The van der Waals surface area contributed by atoms with Crippen molar-refractivity contribution in [2.24, 2.45) is 22.2 Å². The number of hydrogen-bond donors (Lipinski definition) is 9. The van der Waals surface area contributed by atoms with Crippen molar-refractivity contribution in [3.63, 3.8) is 0 Å². The average Bonchev–Trinajstić information content (AvgIpc) is 2.87. The first-order valence-electron chi connectivity index (χ1n) is 11.8. The molecule has 12 N–H and O–H groups in total. The van der Waals surface area contributed by atoms with E-state index < -0.39 is 54.5 Å². The second-order valence-electron chi connectivity index (χ2n) is 8.41. The number of carbonyl (C=O) groups excluding carboxylic acids is 3. The van der Waals surface area contributed by atoms with Crippen LogP contribution < -0.4 is 33.2 Å². The smallest absolute Gasteiger partial charge is 0.326 e. The minimum atomic E-state index is -1.32. The monoisotopic (exact) mass is 555 g/mol. The highest BCUT2D eigenvalue weighted by atomic mass is 32.2. The predicted molar refractivity (Wildman–Crippen MR) is 143 cm³/mol. The van der Waals surface area contributed by atoms with Crippen LogP contribution in [0, 0.1) is 0 Å². The summed E-state index contributed by atoms with van der Waals surface area (Å²) in [7, 11) is 0. The van der Waals surface area contributed by atoms with Crippen LogP contribution in [0.15, 0.2) is 29.3 Å². The fourth-order valence-electron chi connectivity index (χ4n) is 3.25. The Labute approximate surface area is 224 Å². The number of aliphatic hydroxyl groups excluding tert-OH is 1. The lowest BCUT2D eigenvalue weighted by molar-refractivity contribution is -0.142. The molecule has 0 saturated carbocycles. The molecule has 4 atom stereocenters. The van der Waals surface area contributed by atoms with Gasteiger partial charge in [0.2, 0.25) is 17.7 Å². The molecule has 38 heavy (non-hydrogen) atoms. The lowest BCUT2D eigenvalue weighted by Gasteiger charge is -2.25. The number of nitrogens with two attached hydrogens (primary N) is 3. The number of thioether (sulfide) groups is 1. The normalized spacial score (nSPS) is 13.9. The van der Waals surface area contributed by atoms with Gasteiger partial charge in [-0.1, -0.05) is 12.1 Å². The first-order chi connectivity index (χ1) is 18.0. The van der Waals surface area contributed by atoms with Gasteiger partial charge in [0, 0.05) is 13.0 Å². The molecule has 0 heterocycles. The van der Waals surface area contributed by atoms with Gasteiger partial charge in [-0.15, -0.1) is 0 Å². The van der Waals surface area contributed by atoms with Crippen LogP contribution in [0.1, 0.15) is 24.8 Å². The highest BCUT2D eigenvalue weighted by molar-refractivity contribution is 7.98. The van der Waals surface area contributed by atoms with Gasteiger partial charge < -0.3 is 48.5 Å². The SMILES string of the molecule is CSCCC(NC(=O)C(N)CO)C(=O)NC(CCCN=C(N)N)C(=O)NC(Cc1ccc(O)cc1)C(=O)O. The number of aromatic hydroxyl groups is 1. The third kappa shape index (κ3) is 12.1. The molecule has 212 valence electrons. The molecule has 0 aliphatic rings. The molecule has 0 bridgehead atoms. The number of phenols is 1. The number of guanidine groups is 1. The van der Waals surface area contributed by atoms with Crippen LogP contribution in [0.4, 0.5) is 0 Å². The van der Waals surface area contributed by atoms with E-state index in [-0.39, 0.29) is 43.9 Å². The zero-order chi connectivity index (χ0) is 28.7. The summed E-state index contributed by atoms with van der Waals surface area (Å²) in [6.07, 6.45) is 2.32. The number of aliphatic imine (C=N–C) groups is 1. The van der Waals surface area contributed by atoms with Crippen molar-refractivity contribution in [1.82, 2.24) is 16.0 Å². The van der Waals surface area contributed by atoms with Crippen LogP contribution in [0.2, 0.25) is 0 Å². The first kappa shape index (κ1) is 32.5. The molecule has 1 aromatic carbocycles. The molecule has 0 aromatic heterocycles. The maximum absolute atomic E-state index is 13.1. The summed E-state index contributed by atoms with van der Waals surface area (Å²) in [6, 6.07) is 1.09. The number of aliphatic hydroxyl groups is 1. The molecule has 1 aromatic rings. The third-order valence-corrected chi connectivity index (χ3v) is 5.99. The summed E-state index contributed by atoms with van der Waals surface area (Å²) in [4.78, 5) is 54.1. The number of nitrogens with zero attached hydrogens (tertiary/aromatic N) is 1. The molecular formula is C23H37N7O7S. The van der Waals surface area contributed by atoms with Crippen LogP contribution in [0.3, 0.4) is 0 Å². The Morgan fingerprint density at radius 3 is 2.03 bits per heavy atom. The Morgan fingerprint density at radius 1 is 0.947 bits per heavy atom. The fourth-order valence-corrected chi connectivity index (χ4v) is 3.72. The number of carboxylic acid groups (broad SMARTS) is 1. The zero-order valence-electron chi connectivity index (χ0n) is 21.1. The van der Waals surface area contributed by atoms with E-state index in [0.29, 0.717) is 11.3 Å². The van der Waals surface area contributed by atoms with Crippen LogP contribution in [0.5, 0.6) is 5.75 Å². The summed E-state index contributed by atoms with van der Waals surface area (Å²) in [6.45, 7) is -0.452. The number of hydrogen-bond acceptors (Lipinski definition) is 9. The van der Waals surface area contributed by atoms with E-state index in [2.05, 4.69) is 20.9 Å². The third-order valence-electron chi connectivity index (χ3n) is 5.35. The van der Waals surface area contributed by atoms with E-state index in [0.717, 1.165) is 0 Å². The summed E-state index contributed by atoms with van der Waals surface area (Å²) in [5.74, 6) is -3.09. The van der Waals surface area contributed by atoms with Crippen LogP contribution >= 0.6 is 11.8 Å². The summed E-state index contributed by atoms with van der Waals surface area (Å²) >= 11 is 1.44. The summed E-state index contributed by atoms with van der Waals surface area (Å²) in [5.41, 5.74) is 16.8. The van der Waals surface area contributed by atoms with Gasteiger partial charge in [-0.2, -0.15) is 11.8 Å². The number of benzene rings is 1. The molecule has 15 heteroatoms. The highest BCUT2D eigenvalue weighted by Crippen LogP contribution is 2.12. The van der Waals surface area contributed by atoms with Gasteiger partial charge in [0.05, 0.1) is 6.61 Å². The van der Waals surface area contributed by atoms with Gasteiger partial charge in [-0.25, -0.2) is 4.79 Å². The van der Waals surface area contributed by atoms with Crippen molar-refractivity contribution in [3.8, 4) is 5.75 Å². The van der Waals surface area contributed by atoms with Crippen LogP contribution in [0.25, 0.3) is 0 Å². The number of amides is 3. The summed E-state index contributed by atoms with van der Waals surface area (Å²) in [5, 5.41) is 35.7. The Kier molecular flexibility index (Phi) is 14.6. The van der Waals surface area contributed by atoms with E-state index in [4.69, 9.17) is 22.3 Å². The Bertz CT molecular complexity index is 958. The molecule has 0 saturated heterocycles. The van der Waals surface area contributed by atoms with Crippen LogP contribution in [-0.2, 0) is 25.6 Å². The van der Waals surface area contributed by atoms with Gasteiger partial charge in [0.15, 0.2) is 5.96 Å². The largest absolute Gasteiger partial charge is 0.508 e. The van der Waals surface area contributed by atoms with Crippen molar-refractivity contribution < 1.29 is 34.5 Å². The number of aliphatic carboxylic acids is 1. The minimum Gasteiger partial charge on any atom is -0.508 e. The molecule has 1 rings (SSSR count). The lowest BCUT2D eigenvalue weighted by atomic mass is 10.0. The van der Waals surface area contributed by atoms with Crippen molar-refractivity contribution in [3.05, 3.63) is 29.8 Å². The predicted octanol–water partition coefficient (Wildman–Crippen LogP) is -2.40. The Balaban J connectivity index is 3.05. The number of rotatable bonds is 17. The second kappa shape index (κ2) is 17.0. The van der Waals surface area contributed by atoms with Gasteiger partial charge in [0.1, 0.15) is 29.9 Å². The lowest BCUT2D eigenvalue weighted by Crippen LogP contribution is -2.57. The molecule has 14 nitrogen and oxygen atoms in total. The van der Waals surface area contributed by atoms with E-state index in [1.165, 1.54) is 36.0 Å². The molecular weight excluding hydrogens is 518 g/mol. The average molecular weight is 556 g/mol. The zero-order valence-corrected chi connectivity index (χ0v) is 21.9. The number of carbonyl (C=O) groups is 4. The maximum Gasteiger partial charge on any atom is 0.326 e. The molecule has 0 spiro atoms. The second-order valence-corrected chi connectivity index (χ2v) is 9.40. The van der Waals surface area contributed by atoms with Crippen LogP contribution in [-0.4, -0.2) is 94.3 Å². The fraction of sp³-hybridized carbons (Fsp3) is 0.522.